The summed E-state index contributed by atoms with van der Waals surface area (Å²) < 4.78 is 0.769. The van der Waals surface area contributed by atoms with E-state index in [1.165, 1.54) is 6.92 Å². The molecule has 0 spiro atoms. The molecule has 0 aromatic heterocycles. The van der Waals surface area contributed by atoms with Crippen molar-refractivity contribution in [3.63, 3.8) is 0 Å². The van der Waals surface area contributed by atoms with Gasteiger partial charge in [-0.05, 0) is 28.7 Å². The lowest BCUT2D eigenvalue weighted by Gasteiger charge is -2.05. The van der Waals surface area contributed by atoms with Crippen molar-refractivity contribution < 1.29 is 9.59 Å². The lowest BCUT2D eigenvalue weighted by atomic mass is 10.2. The molecule has 1 aromatic rings. The second-order valence-corrected chi connectivity index (χ2v) is 3.59. The summed E-state index contributed by atoms with van der Waals surface area (Å²) in [4.78, 5) is 21.3. The van der Waals surface area contributed by atoms with Crippen molar-refractivity contribution in [3.05, 3.63) is 27.3 Å². The summed E-state index contributed by atoms with van der Waals surface area (Å²) in [5.74, 6) is -0.138. The van der Waals surface area contributed by atoms with E-state index in [2.05, 4.69) is 5.32 Å². The van der Waals surface area contributed by atoms with Gasteiger partial charge in [-0.15, -0.1) is 0 Å². The third-order valence-electron chi connectivity index (χ3n) is 1.47. The second kappa shape index (κ2) is 4.36. The molecular formula is C9H8INO2. The molecule has 0 bridgehead atoms. The van der Waals surface area contributed by atoms with Gasteiger partial charge in [0.15, 0.2) is 6.29 Å². The van der Waals surface area contributed by atoms with Crippen LogP contribution in [0.3, 0.4) is 0 Å². The van der Waals surface area contributed by atoms with E-state index < -0.39 is 0 Å². The van der Waals surface area contributed by atoms with Gasteiger partial charge in [-0.1, -0.05) is 12.1 Å². The van der Waals surface area contributed by atoms with E-state index in [1.807, 2.05) is 22.6 Å². The van der Waals surface area contributed by atoms with Crippen LogP contribution in [0.25, 0.3) is 0 Å². The number of hydrogen-bond acceptors (Lipinski definition) is 2. The number of hydrogen-bond donors (Lipinski definition) is 1. The lowest BCUT2D eigenvalue weighted by molar-refractivity contribution is -0.114. The molecule has 68 valence electrons. The standard InChI is InChI=1S/C9H8INO2/c1-6(13)11-8-4-2-3-7(5-12)9(8)10/h2-5H,1H3,(H,11,13). The van der Waals surface area contributed by atoms with E-state index in [9.17, 15) is 9.59 Å². The number of halogens is 1. The van der Waals surface area contributed by atoms with Gasteiger partial charge in [0.25, 0.3) is 0 Å². The first-order valence-corrected chi connectivity index (χ1v) is 4.74. The Kier molecular flexibility index (Phi) is 3.41. The van der Waals surface area contributed by atoms with Gasteiger partial charge in [-0.3, -0.25) is 9.59 Å². The van der Waals surface area contributed by atoms with Gasteiger partial charge < -0.3 is 5.32 Å². The van der Waals surface area contributed by atoms with Crippen molar-refractivity contribution in [2.24, 2.45) is 0 Å². The first-order valence-electron chi connectivity index (χ1n) is 3.66. The van der Waals surface area contributed by atoms with E-state index in [-0.39, 0.29) is 5.91 Å². The summed E-state index contributed by atoms with van der Waals surface area (Å²) in [6.45, 7) is 1.43. The minimum absolute atomic E-state index is 0.138. The predicted octanol–water partition coefficient (Wildman–Crippen LogP) is 2.06. The van der Waals surface area contributed by atoms with Crippen LogP contribution in [0.5, 0.6) is 0 Å². The maximum absolute atomic E-state index is 10.8. The summed E-state index contributed by atoms with van der Waals surface area (Å²) in [5.41, 5.74) is 1.27. The summed E-state index contributed by atoms with van der Waals surface area (Å²) in [5, 5.41) is 2.64. The van der Waals surface area contributed by atoms with Gasteiger partial charge in [0, 0.05) is 16.1 Å². The Morgan fingerprint density at radius 2 is 2.23 bits per heavy atom. The lowest BCUT2D eigenvalue weighted by Crippen LogP contribution is -2.07. The number of carbonyl (C=O) groups is 2. The number of aldehydes is 1. The zero-order valence-corrected chi connectivity index (χ0v) is 9.16. The Morgan fingerprint density at radius 3 is 2.77 bits per heavy atom. The molecule has 3 nitrogen and oxygen atoms in total. The maximum Gasteiger partial charge on any atom is 0.221 e. The molecule has 1 amide bonds. The van der Waals surface area contributed by atoms with Crippen LogP contribution in [-0.2, 0) is 4.79 Å². The molecule has 0 heterocycles. The van der Waals surface area contributed by atoms with Crippen LogP contribution in [-0.4, -0.2) is 12.2 Å². The fourth-order valence-electron chi connectivity index (χ4n) is 0.927. The summed E-state index contributed by atoms with van der Waals surface area (Å²) >= 11 is 2.03. The molecule has 1 rings (SSSR count). The van der Waals surface area contributed by atoms with Gasteiger partial charge in [-0.25, -0.2) is 0 Å². The van der Waals surface area contributed by atoms with E-state index in [1.54, 1.807) is 18.2 Å². The zero-order chi connectivity index (χ0) is 9.84. The monoisotopic (exact) mass is 289 g/mol. The number of carbonyl (C=O) groups excluding carboxylic acids is 2. The number of rotatable bonds is 2. The number of benzene rings is 1. The first-order chi connectivity index (χ1) is 6.15. The quantitative estimate of drug-likeness (QED) is 0.669. The van der Waals surface area contributed by atoms with E-state index in [0.29, 0.717) is 11.3 Å². The highest BCUT2D eigenvalue weighted by Crippen LogP contribution is 2.20. The molecule has 0 radical (unpaired) electrons. The molecular weight excluding hydrogens is 281 g/mol. The average Bonchev–Trinajstić information content (AvgIpc) is 2.08. The van der Waals surface area contributed by atoms with Crippen molar-refractivity contribution in [3.8, 4) is 0 Å². The molecule has 0 saturated carbocycles. The topological polar surface area (TPSA) is 46.2 Å². The van der Waals surface area contributed by atoms with Crippen LogP contribution in [0, 0.1) is 3.57 Å². The fraction of sp³-hybridized carbons (Fsp3) is 0.111. The maximum atomic E-state index is 10.8. The molecule has 0 unspecified atom stereocenters. The van der Waals surface area contributed by atoms with Crippen LogP contribution in [0.4, 0.5) is 5.69 Å². The zero-order valence-electron chi connectivity index (χ0n) is 7.00. The van der Waals surface area contributed by atoms with E-state index >= 15 is 0 Å². The fourth-order valence-corrected chi connectivity index (χ4v) is 1.55. The Bertz CT molecular complexity index is 349. The Labute approximate surface area is 89.7 Å². The second-order valence-electron chi connectivity index (χ2n) is 2.51. The van der Waals surface area contributed by atoms with Crippen molar-refractivity contribution in [2.45, 2.75) is 6.92 Å². The number of nitrogens with one attached hydrogen (secondary N) is 1. The molecule has 1 N–H and O–H groups in total. The molecule has 0 aliphatic rings. The minimum Gasteiger partial charge on any atom is -0.325 e. The smallest absolute Gasteiger partial charge is 0.221 e. The van der Waals surface area contributed by atoms with Crippen molar-refractivity contribution >= 4 is 40.5 Å². The molecule has 1 aromatic carbocycles. The third kappa shape index (κ3) is 2.51. The van der Waals surface area contributed by atoms with Gasteiger partial charge in [0.1, 0.15) is 0 Å². The summed E-state index contributed by atoms with van der Waals surface area (Å²) in [7, 11) is 0. The SMILES string of the molecule is CC(=O)Nc1cccc(C=O)c1I. The third-order valence-corrected chi connectivity index (χ3v) is 2.67. The van der Waals surface area contributed by atoms with Crippen LogP contribution in [0.15, 0.2) is 18.2 Å². The van der Waals surface area contributed by atoms with Crippen LogP contribution in [0.1, 0.15) is 17.3 Å². The summed E-state index contributed by atoms with van der Waals surface area (Å²) in [6, 6.07) is 5.20. The Balaban J connectivity index is 3.07. The molecule has 0 saturated heterocycles. The molecule has 0 aliphatic heterocycles. The van der Waals surface area contributed by atoms with Gasteiger partial charge >= 0.3 is 0 Å². The Hall–Kier alpha value is -0.910. The highest BCUT2D eigenvalue weighted by Gasteiger charge is 2.04. The van der Waals surface area contributed by atoms with E-state index in [4.69, 9.17) is 0 Å². The molecule has 0 atom stereocenters. The minimum atomic E-state index is -0.138. The molecule has 4 heteroatoms. The van der Waals surface area contributed by atoms with Gasteiger partial charge in [0.05, 0.1) is 5.69 Å². The highest BCUT2D eigenvalue weighted by atomic mass is 127. The largest absolute Gasteiger partial charge is 0.325 e. The molecule has 0 aliphatic carbocycles. The highest BCUT2D eigenvalue weighted by molar-refractivity contribution is 14.1. The Morgan fingerprint density at radius 1 is 1.54 bits per heavy atom. The number of amides is 1. The van der Waals surface area contributed by atoms with Crippen LogP contribution < -0.4 is 5.32 Å². The molecule has 13 heavy (non-hydrogen) atoms. The normalized spacial score (nSPS) is 9.38. The van der Waals surface area contributed by atoms with Crippen molar-refractivity contribution in [1.29, 1.82) is 0 Å². The van der Waals surface area contributed by atoms with Crippen LogP contribution in [0.2, 0.25) is 0 Å². The van der Waals surface area contributed by atoms with E-state index in [0.717, 1.165) is 9.86 Å². The average molecular weight is 289 g/mol. The predicted molar refractivity (Wildman–Crippen MR) is 58.9 cm³/mol. The van der Waals surface area contributed by atoms with Gasteiger partial charge in [-0.2, -0.15) is 0 Å². The molecule has 0 fully saturated rings. The van der Waals surface area contributed by atoms with Crippen LogP contribution >= 0.6 is 22.6 Å². The van der Waals surface area contributed by atoms with Gasteiger partial charge in [0.2, 0.25) is 5.91 Å². The first kappa shape index (κ1) is 10.2. The summed E-state index contributed by atoms with van der Waals surface area (Å²) in [6.07, 6.45) is 0.771. The number of anilines is 1. The van der Waals surface area contributed by atoms with Crippen molar-refractivity contribution in [1.82, 2.24) is 0 Å². The van der Waals surface area contributed by atoms with Crippen molar-refractivity contribution in [2.75, 3.05) is 5.32 Å².